The summed E-state index contributed by atoms with van der Waals surface area (Å²) in [6.07, 6.45) is 3.31. The summed E-state index contributed by atoms with van der Waals surface area (Å²) >= 11 is 0. The standard InChI is InChI=1S/C29H29N5O3/c35-27(32-18-16-31(17-19-32)26-9-3-4-14-30-26)22-12-10-21(11-13-22)20-34-24-7-2-1-6-23(24)28(36)33-15-5-8-25(33)29(34)37/h1-4,6-7,9-14,25H,5,8,15-20H2/t25-/m1/s1. The fourth-order valence-corrected chi connectivity index (χ4v) is 5.57. The van der Waals surface area contributed by atoms with Gasteiger partial charge in [0.25, 0.3) is 11.8 Å². The van der Waals surface area contributed by atoms with Crippen LogP contribution in [-0.2, 0) is 11.3 Å². The van der Waals surface area contributed by atoms with E-state index in [2.05, 4.69) is 9.88 Å². The maximum absolute atomic E-state index is 13.5. The number of hydrogen-bond acceptors (Lipinski definition) is 5. The Morgan fingerprint density at radius 1 is 0.865 bits per heavy atom. The Balaban J connectivity index is 1.16. The molecule has 1 aromatic heterocycles. The molecule has 1 atom stereocenters. The fraction of sp³-hybridized carbons (Fsp3) is 0.310. The van der Waals surface area contributed by atoms with Gasteiger partial charge in [-0.15, -0.1) is 0 Å². The summed E-state index contributed by atoms with van der Waals surface area (Å²) in [6.45, 7) is 3.74. The van der Waals surface area contributed by atoms with Crippen molar-refractivity contribution in [2.45, 2.75) is 25.4 Å². The van der Waals surface area contributed by atoms with Crippen LogP contribution < -0.4 is 9.80 Å². The molecule has 37 heavy (non-hydrogen) atoms. The molecule has 4 heterocycles. The quantitative estimate of drug-likeness (QED) is 0.556. The van der Waals surface area contributed by atoms with Crippen LogP contribution in [0.15, 0.2) is 72.9 Å². The highest BCUT2D eigenvalue weighted by Crippen LogP contribution is 2.33. The number of carbonyl (C=O) groups excluding carboxylic acids is 3. The number of hydrogen-bond donors (Lipinski definition) is 0. The molecule has 6 rings (SSSR count). The Labute approximate surface area is 216 Å². The van der Waals surface area contributed by atoms with Crippen molar-refractivity contribution in [3.8, 4) is 0 Å². The summed E-state index contributed by atoms with van der Waals surface area (Å²) in [4.78, 5) is 51.7. The number of benzene rings is 2. The normalized spacial score (nSPS) is 19.5. The topological polar surface area (TPSA) is 77.1 Å². The summed E-state index contributed by atoms with van der Waals surface area (Å²) in [6, 6.07) is 20.3. The van der Waals surface area contributed by atoms with Gasteiger partial charge in [-0.2, -0.15) is 0 Å². The second-order valence-electron chi connectivity index (χ2n) is 9.76. The minimum absolute atomic E-state index is 0.00982. The summed E-state index contributed by atoms with van der Waals surface area (Å²) < 4.78 is 0. The van der Waals surface area contributed by atoms with E-state index in [0.717, 1.165) is 30.9 Å². The Bertz CT molecular complexity index is 1320. The Kier molecular flexibility index (Phi) is 6.08. The van der Waals surface area contributed by atoms with E-state index in [-0.39, 0.29) is 17.7 Å². The lowest BCUT2D eigenvalue weighted by Gasteiger charge is -2.35. The van der Waals surface area contributed by atoms with Gasteiger partial charge in [-0.25, -0.2) is 4.98 Å². The molecule has 0 unspecified atom stereocenters. The van der Waals surface area contributed by atoms with Crippen LogP contribution >= 0.6 is 0 Å². The maximum Gasteiger partial charge on any atom is 0.256 e. The zero-order chi connectivity index (χ0) is 25.4. The second-order valence-corrected chi connectivity index (χ2v) is 9.76. The van der Waals surface area contributed by atoms with Crippen LogP contribution in [-0.4, -0.2) is 71.3 Å². The molecule has 2 saturated heterocycles. The van der Waals surface area contributed by atoms with Gasteiger partial charge in [0.15, 0.2) is 0 Å². The molecular formula is C29H29N5O3. The van der Waals surface area contributed by atoms with Crippen LogP contribution in [0.5, 0.6) is 0 Å². The molecule has 0 N–H and O–H groups in total. The number of pyridine rings is 1. The third kappa shape index (κ3) is 4.33. The number of amides is 3. The van der Waals surface area contributed by atoms with Crippen molar-refractivity contribution in [1.82, 2.24) is 14.8 Å². The molecule has 3 amide bonds. The number of fused-ring (bicyclic) bond motifs is 2. The maximum atomic E-state index is 13.5. The molecule has 0 aliphatic carbocycles. The van der Waals surface area contributed by atoms with Gasteiger partial charge in [0, 0.05) is 44.5 Å². The monoisotopic (exact) mass is 495 g/mol. The lowest BCUT2D eigenvalue weighted by atomic mass is 10.1. The van der Waals surface area contributed by atoms with Gasteiger partial charge >= 0.3 is 0 Å². The smallest absolute Gasteiger partial charge is 0.256 e. The first-order valence-electron chi connectivity index (χ1n) is 12.9. The number of piperazine rings is 1. The predicted octanol–water partition coefficient (Wildman–Crippen LogP) is 3.20. The molecule has 8 heteroatoms. The zero-order valence-electron chi connectivity index (χ0n) is 20.6. The molecule has 2 fully saturated rings. The van der Waals surface area contributed by atoms with E-state index in [4.69, 9.17) is 0 Å². The van der Waals surface area contributed by atoms with Crippen molar-refractivity contribution in [3.05, 3.63) is 89.6 Å². The third-order valence-electron chi connectivity index (χ3n) is 7.57. The summed E-state index contributed by atoms with van der Waals surface area (Å²) in [7, 11) is 0. The van der Waals surface area contributed by atoms with Crippen LogP contribution in [0.25, 0.3) is 0 Å². The van der Waals surface area contributed by atoms with Crippen LogP contribution in [0.4, 0.5) is 11.5 Å². The van der Waals surface area contributed by atoms with Gasteiger partial charge < -0.3 is 19.6 Å². The first-order valence-corrected chi connectivity index (χ1v) is 12.9. The third-order valence-corrected chi connectivity index (χ3v) is 7.57. The van der Waals surface area contributed by atoms with Crippen molar-refractivity contribution in [2.24, 2.45) is 0 Å². The number of rotatable bonds is 4. The second kappa shape index (κ2) is 9.69. The van der Waals surface area contributed by atoms with Crippen LogP contribution in [0, 0.1) is 0 Å². The van der Waals surface area contributed by atoms with Crippen molar-refractivity contribution >= 4 is 29.2 Å². The van der Waals surface area contributed by atoms with Gasteiger partial charge in [-0.1, -0.05) is 30.3 Å². The van der Waals surface area contributed by atoms with Gasteiger partial charge in [0.2, 0.25) is 5.91 Å². The lowest BCUT2D eigenvalue weighted by Crippen LogP contribution is -2.49. The van der Waals surface area contributed by atoms with E-state index in [0.29, 0.717) is 49.4 Å². The molecule has 3 aliphatic heterocycles. The molecule has 0 radical (unpaired) electrons. The van der Waals surface area contributed by atoms with Crippen LogP contribution in [0.2, 0.25) is 0 Å². The average Bonchev–Trinajstić information content (AvgIpc) is 3.43. The lowest BCUT2D eigenvalue weighted by molar-refractivity contribution is -0.122. The van der Waals surface area contributed by atoms with E-state index in [1.165, 1.54) is 0 Å². The highest BCUT2D eigenvalue weighted by atomic mass is 16.2. The number of nitrogens with zero attached hydrogens (tertiary/aromatic N) is 5. The minimum Gasteiger partial charge on any atom is -0.353 e. The van der Waals surface area contributed by atoms with Crippen molar-refractivity contribution in [1.29, 1.82) is 0 Å². The Hall–Kier alpha value is -4.20. The van der Waals surface area contributed by atoms with Crippen molar-refractivity contribution < 1.29 is 14.4 Å². The first-order chi connectivity index (χ1) is 18.1. The van der Waals surface area contributed by atoms with E-state index in [1.54, 1.807) is 22.1 Å². The fourth-order valence-electron chi connectivity index (χ4n) is 5.57. The Morgan fingerprint density at radius 2 is 1.62 bits per heavy atom. The summed E-state index contributed by atoms with van der Waals surface area (Å²) in [5.41, 5.74) is 2.77. The molecule has 2 aromatic carbocycles. The number of carbonyl (C=O) groups is 3. The largest absolute Gasteiger partial charge is 0.353 e. The number of para-hydroxylation sites is 1. The van der Waals surface area contributed by atoms with Crippen LogP contribution in [0.3, 0.4) is 0 Å². The number of anilines is 2. The van der Waals surface area contributed by atoms with Crippen LogP contribution in [0.1, 0.15) is 39.1 Å². The van der Waals surface area contributed by atoms with Gasteiger partial charge in [-0.05, 0) is 54.8 Å². The first kappa shape index (κ1) is 23.2. The molecule has 0 saturated carbocycles. The SMILES string of the molecule is O=C(c1ccc(CN2C(=O)[C@H]3CCCN3C(=O)c3ccccc32)cc1)N1CCN(c2ccccn2)CC1. The molecule has 0 bridgehead atoms. The summed E-state index contributed by atoms with van der Waals surface area (Å²) in [5, 5.41) is 0. The molecule has 0 spiro atoms. The molecule has 8 nitrogen and oxygen atoms in total. The molecule has 3 aromatic rings. The van der Waals surface area contributed by atoms with E-state index >= 15 is 0 Å². The van der Waals surface area contributed by atoms with Crippen molar-refractivity contribution in [2.75, 3.05) is 42.5 Å². The average molecular weight is 496 g/mol. The molecule has 188 valence electrons. The summed E-state index contributed by atoms with van der Waals surface area (Å²) in [5.74, 6) is 0.835. The van der Waals surface area contributed by atoms with E-state index in [1.807, 2.05) is 65.6 Å². The van der Waals surface area contributed by atoms with Crippen molar-refractivity contribution in [3.63, 3.8) is 0 Å². The molecule has 3 aliphatic rings. The van der Waals surface area contributed by atoms with Gasteiger partial charge in [-0.3, -0.25) is 14.4 Å². The van der Waals surface area contributed by atoms with E-state index in [9.17, 15) is 14.4 Å². The van der Waals surface area contributed by atoms with Gasteiger partial charge in [0.05, 0.1) is 17.8 Å². The van der Waals surface area contributed by atoms with E-state index < -0.39 is 6.04 Å². The number of aromatic nitrogens is 1. The minimum atomic E-state index is -0.412. The molecular weight excluding hydrogens is 466 g/mol. The highest BCUT2D eigenvalue weighted by Gasteiger charge is 2.41. The Morgan fingerprint density at radius 3 is 2.38 bits per heavy atom. The predicted molar refractivity (Wildman–Crippen MR) is 140 cm³/mol. The highest BCUT2D eigenvalue weighted by molar-refractivity contribution is 6.11. The van der Waals surface area contributed by atoms with Gasteiger partial charge in [0.1, 0.15) is 11.9 Å². The zero-order valence-corrected chi connectivity index (χ0v) is 20.6.